The summed E-state index contributed by atoms with van der Waals surface area (Å²) < 4.78 is 0. The Morgan fingerprint density at radius 3 is 2.44 bits per heavy atom. The van der Waals surface area contributed by atoms with Crippen molar-refractivity contribution in [2.75, 3.05) is 26.7 Å². The van der Waals surface area contributed by atoms with Crippen LogP contribution in [0.4, 0.5) is 0 Å². The highest BCUT2D eigenvalue weighted by molar-refractivity contribution is 7.09. The maximum absolute atomic E-state index is 12.3. The van der Waals surface area contributed by atoms with E-state index in [9.17, 15) is 4.79 Å². The first-order valence-electron chi connectivity index (χ1n) is 9.31. The van der Waals surface area contributed by atoms with Crippen LogP contribution < -0.4 is 10.6 Å². The van der Waals surface area contributed by atoms with Crippen molar-refractivity contribution in [3.63, 3.8) is 0 Å². The second-order valence-electron chi connectivity index (χ2n) is 6.13. The summed E-state index contributed by atoms with van der Waals surface area (Å²) in [6.45, 7) is 8.88. The van der Waals surface area contributed by atoms with Gasteiger partial charge >= 0.3 is 0 Å². The van der Waals surface area contributed by atoms with Crippen molar-refractivity contribution in [1.82, 2.24) is 20.5 Å². The van der Waals surface area contributed by atoms with Crippen LogP contribution in [0.3, 0.4) is 0 Å². The maximum Gasteiger partial charge on any atom is 0.253 e. The molecule has 1 amide bonds. The molecule has 0 unspecified atom stereocenters. The number of amides is 1. The van der Waals surface area contributed by atoms with Gasteiger partial charge in [-0.15, -0.1) is 11.3 Å². The zero-order chi connectivity index (χ0) is 19.6. The van der Waals surface area contributed by atoms with E-state index in [4.69, 9.17) is 0 Å². The van der Waals surface area contributed by atoms with Crippen LogP contribution >= 0.6 is 11.3 Å². The van der Waals surface area contributed by atoms with Gasteiger partial charge in [-0.1, -0.05) is 12.1 Å². The molecule has 2 rings (SSSR count). The fourth-order valence-corrected chi connectivity index (χ4v) is 3.34. The molecule has 0 atom stereocenters. The Labute approximate surface area is 165 Å². The predicted molar refractivity (Wildman–Crippen MR) is 112 cm³/mol. The zero-order valence-electron chi connectivity index (χ0n) is 16.6. The molecule has 6 nitrogen and oxygen atoms in total. The topological polar surface area (TPSA) is 69.6 Å². The van der Waals surface area contributed by atoms with Crippen LogP contribution in [0.5, 0.6) is 0 Å². The van der Waals surface area contributed by atoms with Gasteiger partial charge in [0.05, 0.1) is 10.7 Å². The first-order chi connectivity index (χ1) is 13.1. The number of nitrogens with zero attached hydrogens (tertiary/aromatic N) is 3. The second kappa shape index (κ2) is 10.7. The molecule has 1 aromatic heterocycles. The highest BCUT2D eigenvalue weighted by Gasteiger charge is 2.11. The number of hydrogen-bond donors (Lipinski definition) is 2. The van der Waals surface area contributed by atoms with Crippen molar-refractivity contribution in [1.29, 1.82) is 0 Å². The molecule has 0 aliphatic rings. The van der Waals surface area contributed by atoms with Crippen LogP contribution in [-0.2, 0) is 13.0 Å². The lowest BCUT2D eigenvalue weighted by molar-refractivity contribution is 0.0773. The lowest BCUT2D eigenvalue weighted by atomic mass is 10.1. The van der Waals surface area contributed by atoms with Gasteiger partial charge in [0.25, 0.3) is 5.91 Å². The van der Waals surface area contributed by atoms with Crippen LogP contribution in [0.1, 0.15) is 40.5 Å². The molecule has 0 aliphatic heterocycles. The predicted octanol–water partition coefficient (Wildman–Crippen LogP) is 2.84. The van der Waals surface area contributed by atoms with Gasteiger partial charge in [-0.05, 0) is 38.5 Å². The summed E-state index contributed by atoms with van der Waals surface area (Å²) in [6, 6.07) is 7.74. The van der Waals surface area contributed by atoms with E-state index >= 15 is 0 Å². The van der Waals surface area contributed by atoms with Gasteiger partial charge in [0.2, 0.25) is 0 Å². The summed E-state index contributed by atoms with van der Waals surface area (Å²) in [5.74, 6) is 0.833. The number of guanidine groups is 1. The van der Waals surface area contributed by atoms with E-state index in [2.05, 4.69) is 26.0 Å². The number of aliphatic imine (C=N–C) groups is 1. The SMILES string of the molecule is CCN(CC)C(=O)c1ccc(CNC(=NC)NCCc2csc(C)n2)cc1. The van der Waals surface area contributed by atoms with Gasteiger partial charge in [-0.25, -0.2) is 4.98 Å². The number of thiazole rings is 1. The normalized spacial score (nSPS) is 11.3. The van der Waals surface area contributed by atoms with E-state index in [0.717, 1.165) is 53.8 Å². The maximum atomic E-state index is 12.3. The van der Waals surface area contributed by atoms with Crippen molar-refractivity contribution in [2.45, 2.75) is 33.7 Å². The Hall–Kier alpha value is -2.41. The molecule has 2 N–H and O–H groups in total. The zero-order valence-corrected chi connectivity index (χ0v) is 17.4. The van der Waals surface area contributed by atoms with Gasteiger partial charge in [0.15, 0.2) is 5.96 Å². The minimum atomic E-state index is 0.0780. The van der Waals surface area contributed by atoms with Crippen molar-refractivity contribution < 1.29 is 4.79 Å². The Balaban J connectivity index is 1.81. The number of nitrogens with one attached hydrogen (secondary N) is 2. The van der Waals surface area contributed by atoms with E-state index in [0.29, 0.717) is 6.54 Å². The molecule has 0 radical (unpaired) electrons. The van der Waals surface area contributed by atoms with Crippen molar-refractivity contribution in [2.24, 2.45) is 4.99 Å². The molecular weight excluding hydrogens is 358 g/mol. The van der Waals surface area contributed by atoms with Crippen molar-refractivity contribution in [3.8, 4) is 0 Å². The second-order valence-corrected chi connectivity index (χ2v) is 7.20. The first kappa shape index (κ1) is 20.9. The van der Waals surface area contributed by atoms with Crippen LogP contribution in [0.15, 0.2) is 34.6 Å². The van der Waals surface area contributed by atoms with Crippen molar-refractivity contribution >= 4 is 23.2 Å². The van der Waals surface area contributed by atoms with Gasteiger partial charge in [-0.2, -0.15) is 0 Å². The van der Waals surface area contributed by atoms with Crippen LogP contribution in [0.2, 0.25) is 0 Å². The van der Waals surface area contributed by atoms with Gasteiger partial charge in [0, 0.05) is 50.6 Å². The summed E-state index contributed by atoms with van der Waals surface area (Å²) in [6.07, 6.45) is 0.868. The summed E-state index contributed by atoms with van der Waals surface area (Å²) in [7, 11) is 1.76. The molecule has 0 aliphatic carbocycles. The number of benzene rings is 1. The quantitative estimate of drug-likeness (QED) is 0.540. The fraction of sp³-hybridized carbons (Fsp3) is 0.450. The van der Waals surface area contributed by atoms with E-state index in [-0.39, 0.29) is 5.91 Å². The number of carbonyl (C=O) groups excluding carboxylic acids is 1. The molecule has 0 saturated heterocycles. The molecular formula is C20H29N5OS. The Morgan fingerprint density at radius 2 is 1.89 bits per heavy atom. The molecule has 1 heterocycles. The van der Waals surface area contributed by atoms with Crippen LogP contribution in [-0.4, -0.2) is 48.4 Å². The third-order valence-electron chi connectivity index (χ3n) is 4.28. The van der Waals surface area contributed by atoms with Crippen LogP contribution in [0.25, 0.3) is 0 Å². The summed E-state index contributed by atoms with van der Waals surface area (Å²) in [4.78, 5) is 22.9. The Morgan fingerprint density at radius 1 is 1.19 bits per heavy atom. The average Bonchev–Trinajstić information content (AvgIpc) is 3.11. The van der Waals surface area contributed by atoms with Crippen molar-refractivity contribution in [3.05, 3.63) is 51.5 Å². The fourth-order valence-electron chi connectivity index (χ4n) is 2.70. The average molecular weight is 388 g/mol. The number of aromatic nitrogens is 1. The molecule has 7 heteroatoms. The molecule has 146 valence electrons. The van der Waals surface area contributed by atoms with E-state index in [1.807, 2.05) is 49.9 Å². The molecule has 0 saturated carbocycles. The highest BCUT2D eigenvalue weighted by atomic mass is 32.1. The van der Waals surface area contributed by atoms with Gasteiger partial charge in [-0.3, -0.25) is 9.79 Å². The number of rotatable bonds is 8. The Bertz CT molecular complexity index is 750. The van der Waals surface area contributed by atoms with E-state index in [1.165, 1.54) is 0 Å². The number of carbonyl (C=O) groups is 1. The van der Waals surface area contributed by atoms with E-state index in [1.54, 1.807) is 18.4 Å². The monoisotopic (exact) mass is 387 g/mol. The summed E-state index contributed by atoms with van der Waals surface area (Å²) >= 11 is 1.67. The highest BCUT2D eigenvalue weighted by Crippen LogP contribution is 2.09. The van der Waals surface area contributed by atoms with Gasteiger partial charge < -0.3 is 15.5 Å². The molecule has 0 bridgehead atoms. The third-order valence-corrected chi connectivity index (χ3v) is 5.10. The van der Waals surface area contributed by atoms with Gasteiger partial charge in [0.1, 0.15) is 0 Å². The lowest BCUT2D eigenvalue weighted by Gasteiger charge is -2.18. The minimum absolute atomic E-state index is 0.0780. The first-order valence-corrected chi connectivity index (χ1v) is 10.2. The summed E-state index contributed by atoms with van der Waals surface area (Å²) in [5.41, 5.74) is 2.93. The van der Waals surface area contributed by atoms with Crippen LogP contribution in [0, 0.1) is 6.92 Å². The summed E-state index contributed by atoms with van der Waals surface area (Å²) in [5, 5.41) is 9.78. The lowest BCUT2D eigenvalue weighted by Crippen LogP contribution is -2.37. The largest absolute Gasteiger partial charge is 0.356 e. The minimum Gasteiger partial charge on any atom is -0.356 e. The standard InChI is InChI=1S/C20H29N5OS/c1-5-25(6-2)19(26)17-9-7-16(8-10-17)13-23-20(21-4)22-12-11-18-14-27-15(3)24-18/h7-10,14H,5-6,11-13H2,1-4H3,(H2,21,22,23). The number of hydrogen-bond acceptors (Lipinski definition) is 4. The Kier molecular flexibility index (Phi) is 8.26. The van der Waals surface area contributed by atoms with E-state index < -0.39 is 0 Å². The molecule has 0 fully saturated rings. The number of aryl methyl sites for hydroxylation is 1. The smallest absolute Gasteiger partial charge is 0.253 e. The third kappa shape index (κ3) is 6.36. The molecule has 0 spiro atoms. The molecule has 1 aromatic carbocycles. The molecule has 2 aromatic rings. The molecule has 27 heavy (non-hydrogen) atoms.